The van der Waals surface area contributed by atoms with Crippen LogP contribution in [0.5, 0.6) is 0 Å². The van der Waals surface area contributed by atoms with Gasteiger partial charge in [-0.2, -0.15) is 0 Å². The van der Waals surface area contributed by atoms with E-state index in [1.165, 1.54) is 44.9 Å². The molecule has 0 saturated carbocycles. The van der Waals surface area contributed by atoms with Crippen molar-refractivity contribution >= 4 is 6.16 Å². The zero-order valence-electron chi connectivity index (χ0n) is 19.7. The predicted octanol–water partition coefficient (Wildman–Crippen LogP) is 8.98. The fraction of sp³-hybridized carbons (Fsp3) is 0.960. The van der Waals surface area contributed by atoms with E-state index in [2.05, 4.69) is 27.7 Å². The molecule has 0 heterocycles. The molecular weight excluding hydrogens is 348 g/mol. The molecule has 168 valence electrons. The van der Waals surface area contributed by atoms with E-state index in [-0.39, 0.29) is 5.60 Å². The van der Waals surface area contributed by atoms with E-state index in [9.17, 15) is 4.79 Å². The summed E-state index contributed by atoms with van der Waals surface area (Å²) in [5, 5.41) is 0. The summed E-state index contributed by atoms with van der Waals surface area (Å²) in [4.78, 5) is 12.3. The summed E-state index contributed by atoms with van der Waals surface area (Å²) in [7, 11) is 0. The van der Waals surface area contributed by atoms with E-state index in [1.54, 1.807) is 0 Å². The van der Waals surface area contributed by atoms with Crippen molar-refractivity contribution in [2.75, 3.05) is 6.61 Å². The molecule has 0 amide bonds. The largest absolute Gasteiger partial charge is 0.508 e. The third kappa shape index (κ3) is 15.2. The Balaban J connectivity index is 4.13. The minimum atomic E-state index is -0.442. The van der Waals surface area contributed by atoms with Crippen LogP contribution in [-0.4, -0.2) is 18.4 Å². The molecule has 0 spiro atoms. The molecule has 0 unspecified atom stereocenters. The summed E-state index contributed by atoms with van der Waals surface area (Å²) in [6, 6.07) is 0. The van der Waals surface area contributed by atoms with E-state index in [0.29, 0.717) is 6.61 Å². The van der Waals surface area contributed by atoms with E-state index in [4.69, 9.17) is 9.47 Å². The lowest BCUT2D eigenvalue weighted by Gasteiger charge is -2.33. The van der Waals surface area contributed by atoms with Crippen LogP contribution >= 0.6 is 0 Å². The fourth-order valence-corrected chi connectivity index (χ4v) is 3.80. The van der Waals surface area contributed by atoms with Gasteiger partial charge in [0.05, 0.1) is 6.61 Å². The zero-order valence-corrected chi connectivity index (χ0v) is 19.7. The maximum atomic E-state index is 12.3. The van der Waals surface area contributed by atoms with E-state index in [1.807, 2.05) is 0 Å². The van der Waals surface area contributed by atoms with Crippen molar-refractivity contribution in [3.63, 3.8) is 0 Å². The van der Waals surface area contributed by atoms with Crippen LogP contribution < -0.4 is 0 Å². The number of ether oxygens (including phenoxy) is 2. The number of rotatable bonds is 20. The molecule has 0 rings (SSSR count). The van der Waals surface area contributed by atoms with Gasteiger partial charge in [0.1, 0.15) is 5.60 Å². The standard InChI is InChI=1S/C25H50O3/c1-5-9-13-14-15-16-17-18-19-23-27-24(26)28-25(20-10-6-2,21-11-7-3)22-12-8-4/h5-23H2,1-4H3. The highest BCUT2D eigenvalue weighted by Crippen LogP contribution is 2.32. The third-order valence-corrected chi connectivity index (χ3v) is 5.73. The van der Waals surface area contributed by atoms with Crippen molar-refractivity contribution in [3.05, 3.63) is 0 Å². The van der Waals surface area contributed by atoms with Gasteiger partial charge in [0.2, 0.25) is 0 Å². The molecule has 0 aromatic carbocycles. The molecule has 0 aliphatic rings. The van der Waals surface area contributed by atoms with Crippen LogP contribution in [0.15, 0.2) is 0 Å². The van der Waals surface area contributed by atoms with Crippen LogP contribution in [0.3, 0.4) is 0 Å². The highest BCUT2D eigenvalue weighted by Gasteiger charge is 2.33. The molecule has 0 bridgehead atoms. The topological polar surface area (TPSA) is 35.5 Å². The van der Waals surface area contributed by atoms with Gasteiger partial charge in [0.25, 0.3) is 0 Å². The Hall–Kier alpha value is -0.730. The SMILES string of the molecule is CCCCCCCCCCCOC(=O)OC(CCCC)(CCCC)CCCC. The summed E-state index contributed by atoms with van der Waals surface area (Å²) in [5.41, 5.74) is -0.308. The highest BCUT2D eigenvalue weighted by atomic mass is 16.7. The highest BCUT2D eigenvalue weighted by molar-refractivity contribution is 5.60. The van der Waals surface area contributed by atoms with Gasteiger partial charge in [-0.05, 0) is 44.9 Å². The Morgan fingerprint density at radius 1 is 0.571 bits per heavy atom. The summed E-state index contributed by atoms with van der Waals surface area (Å²) in [6.45, 7) is 9.36. The number of carbonyl (C=O) groups is 1. The van der Waals surface area contributed by atoms with Gasteiger partial charge in [0, 0.05) is 0 Å². The van der Waals surface area contributed by atoms with Gasteiger partial charge in [-0.1, -0.05) is 98.3 Å². The minimum absolute atomic E-state index is 0.308. The monoisotopic (exact) mass is 398 g/mol. The predicted molar refractivity (Wildman–Crippen MR) is 121 cm³/mol. The lowest BCUT2D eigenvalue weighted by Crippen LogP contribution is -2.36. The van der Waals surface area contributed by atoms with Gasteiger partial charge >= 0.3 is 6.16 Å². The Labute approximate surface area is 176 Å². The lowest BCUT2D eigenvalue weighted by molar-refractivity contribution is -0.0531. The van der Waals surface area contributed by atoms with Crippen LogP contribution in [0, 0.1) is 0 Å². The molecule has 0 aromatic heterocycles. The molecular formula is C25H50O3. The normalized spacial score (nSPS) is 11.6. The Kier molecular flexibility index (Phi) is 19.1. The van der Waals surface area contributed by atoms with Gasteiger partial charge in [0.15, 0.2) is 0 Å². The van der Waals surface area contributed by atoms with Crippen molar-refractivity contribution in [3.8, 4) is 0 Å². The first-order chi connectivity index (χ1) is 13.6. The second-order valence-corrected chi connectivity index (χ2v) is 8.52. The Morgan fingerprint density at radius 2 is 0.964 bits per heavy atom. The number of hydrogen-bond donors (Lipinski definition) is 0. The number of carbonyl (C=O) groups excluding carboxylic acids is 1. The minimum Gasteiger partial charge on any atom is -0.434 e. The first-order valence-corrected chi connectivity index (χ1v) is 12.5. The Morgan fingerprint density at radius 3 is 1.39 bits per heavy atom. The van der Waals surface area contributed by atoms with Gasteiger partial charge in [-0.3, -0.25) is 0 Å². The second kappa shape index (κ2) is 19.6. The molecule has 0 aliphatic carbocycles. The molecule has 3 nitrogen and oxygen atoms in total. The fourth-order valence-electron chi connectivity index (χ4n) is 3.80. The Bertz CT molecular complexity index is 319. The van der Waals surface area contributed by atoms with Gasteiger partial charge in [-0.15, -0.1) is 0 Å². The summed E-state index contributed by atoms with van der Waals surface area (Å²) >= 11 is 0. The maximum Gasteiger partial charge on any atom is 0.508 e. The van der Waals surface area contributed by atoms with Crippen molar-refractivity contribution in [2.45, 2.75) is 149 Å². The summed E-state index contributed by atoms with van der Waals surface area (Å²) in [5.74, 6) is 0. The average Bonchev–Trinajstić information content (AvgIpc) is 2.70. The molecule has 0 atom stereocenters. The molecule has 0 aromatic rings. The molecule has 28 heavy (non-hydrogen) atoms. The van der Waals surface area contributed by atoms with E-state index in [0.717, 1.165) is 70.6 Å². The van der Waals surface area contributed by atoms with Crippen molar-refractivity contribution < 1.29 is 14.3 Å². The van der Waals surface area contributed by atoms with Crippen molar-refractivity contribution in [2.24, 2.45) is 0 Å². The molecule has 0 saturated heterocycles. The maximum absolute atomic E-state index is 12.3. The second-order valence-electron chi connectivity index (χ2n) is 8.52. The van der Waals surface area contributed by atoms with Crippen molar-refractivity contribution in [1.82, 2.24) is 0 Å². The van der Waals surface area contributed by atoms with Crippen LogP contribution in [0.1, 0.15) is 143 Å². The van der Waals surface area contributed by atoms with Gasteiger partial charge in [-0.25, -0.2) is 4.79 Å². The average molecular weight is 399 g/mol. The molecule has 0 N–H and O–H groups in total. The molecule has 0 radical (unpaired) electrons. The quantitative estimate of drug-likeness (QED) is 0.152. The lowest BCUT2D eigenvalue weighted by atomic mass is 9.86. The summed E-state index contributed by atoms with van der Waals surface area (Å²) in [6.07, 6.45) is 20.6. The number of unbranched alkanes of at least 4 members (excludes halogenated alkanes) is 11. The van der Waals surface area contributed by atoms with Crippen LogP contribution in [0.25, 0.3) is 0 Å². The first-order valence-electron chi connectivity index (χ1n) is 12.5. The molecule has 3 heteroatoms. The van der Waals surface area contributed by atoms with Crippen LogP contribution in [-0.2, 0) is 9.47 Å². The first kappa shape index (κ1) is 27.3. The van der Waals surface area contributed by atoms with Crippen LogP contribution in [0.2, 0.25) is 0 Å². The van der Waals surface area contributed by atoms with E-state index >= 15 is 0 Å². The zero-order chi connectivity index (χ0) is 20.9. The molecule has 0 fully saturated rings. The van der Waals surface area contributed by atoms with Crippen LogP contribution in [0.4, 0.5) is 4.79 Å². The van der Waals surface area contributed by atoms with Crippen molar-refractivity contribution in [1.29, 1.82) is 0 Å². The number of hydrogen-bond acceptors (Lipinski definition) is 3. The molecule has 0 aliphatic heterocycles. The van der Waals surface area contributed by atoms with Gasteiger partial charge < -0.3 is 9.47 Å². The smallest absolute Gasteiger partial charge is 0.434 e. The third-order valence-electron chi connectivity index (χ3n) is 5.73. The van der Waals surface area contributed by atoms with E-state index < -0.39 is 6.16 Å². The summed E-state index contributed by atoms with van der Waals surface area (Å²) < 4.78 is 11.4.